The summed E-state index contributed by atoms with van der Waals surface area (Å²) in [5.74, 6) is 0.271. The van der Waals surface area contributed by atoms with Gasteiger partial charge in [0.1, 0.15) is 5.75 Å². The SMILES string of the molecule is COc1ccc(C(=O)Nc2cccc(C(=O)NNC(=O)c3ccc4c(c3)OCO4)c2)cc1. The Labute approximate surface area is 183 Å². The zero-order chi connectivity index (χ0) is 22.5. The van der Waals surface area contributed by atoms with Crippen LogP contribution in [0.15, 0.2) is 66.7 Å². The van der Waals surface area contributed by atoms with Crippen molar-refractivity contribution < 1.29 is 28.6 Å². The molecule has 4 rings (SSSR count). The van der Waals surface area contributed by atoms with Crippen LogP contribution in [-0.4, -0.2) is 31.6 Å². The first-order valence-corrected chi connectivity index (χ1v) is 9.59. The molecule has 3 aromatic rings. The van der Waals surface area contributed by atoms with Crippen LogP contribution in [0.3, 0.4) is 0 Å². The Balaban J connectivity index is 1.36. The van der Waals surface area contributed by atoms with Crippen molar-refractivity contribution in [3.05, 3.63) is 83.4 Å². The summed E-state index contributed by atoms with van der Waals surface area (Å²) < 4.78 is 15.5. The molecule has 1 aliphatic rings. The molecule has 0 saturated heterocycles. The van der Waals surface area contributed by atoms with Gasteiger partial charge in [0.25, 0.3) is 17.7 Å². The first kappa shape index (κ1) is 20.7. The summed E-state index contributed by atoms with van der Waals surface area (Å²) >= 11 is 0. The lowest BCUT2D eigenvalue weighted by Crippen LogP contribution is -2.41. The zero-order valence-corrected chi connectivity index (χ0v) is 17.0. The van der Waals surface area contributed by atoms with E-state index < -0.39 is 11.8 Å². The smallest absolute Gasteiger partial charge is 0.269 e. The highest BCUT2D eigenvalue weighted by molar-refractivity contribution is 6.05. The van der Waals surface area contributed by atoms with Crippen LogP contribution in [0.2, 0.25) is 0 Å². The van der Waals surface area contributed by atoms with Crippen molar-refractivity contribution in [2.45, 2.75) is 0 Å². The Kier molecular flexibility index (Phi) is 5.89. The summed E-state index contributed by atoms with van der Waals surface area (Å²) in [5, 5.41) is 2.73. The summed E-state index contributed by atoms with van der Waals surface area (Å²) in [6.45, 7) is 0.0997. The summed E-state index contributed by atoms with van der Waals surface area (Å²) in [5.41, 5.74) is 6.13. The lowest BCUT2D eigenvalue weighted by atomic mass is 10.1. The largest absolute Gasteiger partial charge is 0.497 e. The Hall–Kier alpha value is -4.53. The maximum Gasteiger partial charge on any atom is 0.269 e. The van der Waals surface area contributed by atoms with Gasteiger partial charge in [-0.15, -0.1) is 0 Å². The van der Waals surface area contributed by atoms with Crippen molar-refractivity contribution in [3.63, 3.8) is 0 Å². The van der Waals surface area contributed by atoms with E-state index in [4.69, 9.17) is 14.2 Å². The van der Waals surface area contributed by atoms with Gasteiger partial charge in [-0.1, -0.05) is 6.07 Å². The van der Waals surface area contributed by atoms with Gasteiger partial charge in [-0.2, -0.15) is 0 Å². The minimum absolute atomic E-state index is 0.0997. The standard InChI is InChI=1S/C23H19N3O6/c1-30-18-8-5-14(6-9-18)21(27)24-17-4-2-3-15(11-17)22(28)25-26-23(29)16-7-10-19-20(12-16)32-13-31-19/h2-12H,13H2,1H3,(H,24,27)(H,25,28)(H,26,29). The van der Waals surface area contributed by atoms with Gasteiger partial charge in [-0.05, 0) is 60.7 Å². The van der Waals surface area contributed by atoms with Crippen LogP contribution in [0.5, 0.6) is 17.2 Å². The van der Waals surface area contributed by atoms with Crippen molar-refractivity contribution in [2.75, 3.05) is 19.2 Å². The summed E-state index contributed by atoms with van der Waals surface area (Å²) in [6.07, 6.45) is 0. The number of hydrogen-bond donors (Lipinski definition) is 3. The van der Waals surface area contributed by atoms with Gasteiger partial charge >= 0.3 is 0 Å². The van der Waals surface area contributed by atoms with E-state index in [2.05, 4.69) is 16.2 Å². The average molecular weight is 433 g/mol. The fourth-order valence-corrected chi connectivity index (χ4v) is 2.98. The number of fused-ring (bicyclic) bond motifs is 1. The number of nitrogens with one attached hydrogen (secondary N) is 3. The van der Waals surface area contributed by atoms with Crippen molar-refractivity contribution in [2.24, 2.45) is 0 Å². The number of ether oxygens (including phenoxy) is 3. The molecule has 0 unspecified atom stereocenters. The van der Waals surface area contributed by atoms with E-state index in [0.29, 0.717) is 34.1 Å². The normalized spacial score (nSPS) is 11.4. The van der Waals surface area contributed by atoms with Crippen LogP contribution in [-0.2, 0) is 0 Å². The van der Waals surface area contributed by atoms with Crippen LogP contribution in [0, 0.1) is 0 Å². The number of amides is 3. The third-order valence-corrected chi connectivity index (χ3v) is 4.66. The fourth-order valence-electron chi connectivity index (χ4n) is 2.98. The van der Waals surface area contributed by atoms with E-state index in [9.17, 15) is 14.4 Å². The lowest BCUT2D eigenvalue weighted by Gasteiger charge is -2.10. The molecule has 0 aromatic heterocycles. The molecule has 0 fully saturated rings. The van der Waals surface area contributed by atoms with Crippen molar-refractivity contribution in [1.29, 1.82) is 0 Å². The average Bonchev–Trinajstić information content (AvgIpc) is 3.30. The van der Waals surface area contributed by atoms with Crippen LogP contribution in [0.1, 0.15) is 31.1 Å². The number of anilines is 1. The Morgan fingerprint density at radius 1 is 0.750 bits per heavy atom. The third-order valence-electron chi connectivity index (χ3n) is 4.66. The third kappa shape index (κ3) is 4.62. The second kappa shape index (κ2) is 9.09. The fraction of sp³-hybridized carbons (Fsp3) is 0.0870. The van der Waals surface area contributed by atoms with Gasteiger partial charge in [0.05, 0.1) is 7.11 Å². The molecule has 1 aliphatic heterocycles. The van der Waals surface area contributed by atoms with Crippen molar-refractivity contribution in [1.82, 2.24) is 10.9 Å². The Bertz CT molecular complexity index is 1180. The molecule has 9 nitrogen and oxygen atoms in total. The second-order valence-corrected chi connectivity index (χ2v) is 6.74. The number of benzene rings is 3. The van der Waals surface area contributed by atoms with Crippen molar-refractivity contribution >= 4 is 23.4 Å². The predicted octanol–water partition coefficient (Wildman–Crippen LogP) is 2.75. The van der Waals surface area contributed by atoms with Gasteiger partial charge in [-0.25, -0.2) is 0 Å². The van der Waals surface area contributed by atoms with Gasteiger partial charge in [0.2, 0.25) is 6.79 Å². The summed E-state index contributed by atoms with van der Waals surface area (Å²) in [6, 6.07) is 17.7. The molecule has 3 N–H and O–H groups in total. The van der Waals surface area contributed by atoms with Crippen LogP contribution in [0.4, 0.5) is 5.69 Å². The minimum Gasteiger partial charge on any atom is -0.497 e. The molecular weight excluding hydrogens is 414 g/mol. The lowest BCUT2D eigenvalue weighted by molar-refractivity contribution is 0.0846. The molecule has 1 heterocycles. The molecule has 3 aromatic carbocycles. The number of hydrogen-bond acceptors (Lipinski definition) is 6. The predicted molar refractivity (Wildman–Crippen MR) is 115 cm³/mol. The molecule has 3 amide bonds. The topological polar surface area (TPSA) is 115 Å². The van der Waals surface area contributed by atoms with E-state index in [0.717, 1.165) is 0 Å². The van der Waals surface area contributed by atoms with Gasteiger partial charge in [0.15, 0.2) is 11.5 Å². The van der Waals surface area contributed by atoms with E-state index in [1.807, 2.05) is 0 Å². The molecule has 0 aliphatic carbocycles. The molecular formula is C23H19N3O6. The molecule has 0 saturated carbocycles. The molecule has 9 heteroatoms. The Morgan fingerprint density at radius 2 is 1.41 bits per heavy atom. The van der Waals surface area contributed by atoms with Gasteiger partial charge < -0.3 is 19.5 Å². The van der Waals surface area contributed by atoms with Crippen LogP contribution < -0.4 is 30.4 Å². The highest BCUT2D eigenvalue weighted by atomic mass is 16.7. The maximum atomic E-state index is 12.4. The summed E-state index contributed by atoms with van der Waals surface area (Å²) in [7, 11) is 1.54. The molecule has 0 bridgehead atoms. The highest BCUT2D eigenvalue weighted by Gasteiger charge is 2.17. The summed E-state index contributed by atoms with van der Waals surface area (Å²) in [4.78, 5) is 37.2. The minimum atomic E-state index is -0.542. The van der Waals surface area contributed by atoms with E-state index in [-0.39, 0.29) is 18.3 Å². The second-order valence-electron chi connectivity index (χ2n) is 6.74. The maximum absolute atomic E-state index is 12.4. The molecule has 0 spiro atoms. The first-order chi connectivity index (χ1) is 15.5. The van der Waals surface area contributed by atoms with E-state index >= 15 is 0 Å². The number of hydrazine groups is 1. The van der Waals surface area contributed by atoms with E-state index in [1.165, 1.54) is 12.1 Å². The molecule has 0 radical (unpaired) electrons. The number of methoxy groups -OCH3 is 1. The molecule has 32 heavy (non-hydrogen) atoms. The number of carbonyl (C=O) groups excluding carboxylic acids is 3. The number of carbonyl (C=O) groups is 3. The van der Waals surface area contributed by atoms with Gasteiger partial charge in [-0.3, -0.25) is 25.2 Å². The quantitative estimate of drug-likeness (QED) is 0.533. The van der Waals surface area contributed by atoms with Gasteiger partial charge in [0, 0.05) is 22.4 Å². The molecule has 0 atom stereocenters. The molecule has 162 valence electrons. The number of rotatable bonds is 5. The first-order valence-electron chi connectivity index (χ1n) is 9.59. The zero-order valence-electron chi connectivity index (χ0n) is 17.0. The highest BCUT2D eigenvalue weighted by Crippen LogP contribution is 2.32. The van der Waals surface area contributed by atoms with E-state index in [1.54, 1.807) is 61.7 Å². The van der Waals surface area contributed by atoms with Crippen molar-refractivity contribution in [3.8, 4) is 17.2 Å². The monoisotopic (exact) mass is 433 g/mol. The van der Waals surface area contributed by atoms with Crippen LogP contribution >= 0.6 is 0 Å². The Morgan fingerprint density at radius 3 is 2.12 bits per heavy atom. The van der Waals surface area contributed by atoms with Crippen LogP contribution in [0.25, 0.3) is 0 Å².